The van der Waals surface area contributed by atoms with Crippen LogP contribution in [-0.4, -0.2) is 42.3 Å². The molecule has 0 aromatic carbocycles. The minimum atomic E-state index is -0.0144. The molecule has 130 valence electrons. The van der Waals surface area contributed by atoms with Gasteiger partial charge >= 0.3 is 0 Å². The molecular formula is C19H21N3O2S. The number of Topliss-reactive ketones (excluding diaryl/α,β-unsaturated/α-hetero) is 1. The zero-order valence-electron chi connectivity index (χ0n) is 14.5. The Morgan fingerprint density at radius 2 is 2.08 bits per heavy atom. The van der Waals surface area contributed by atoms with Gasteiger partial charge in [0.1, 0.15) is 5.00 Å². The van der Waals surface area contributed by atoms with Crippen LogP contribution in [0.15, 0.2) is 12.4 Å². The number of nitrogens with one attached hydrogen (secondary N) is 1. The van der Waals surface area contributed by atoms with Crippen molar-refractivity contribution in [1.29, 1.82) is 0 Å². The molecule has 1 fully saturated rings. The second-order valence-electron chi connectivity index (χ2n) is 7.37. The number of nitrogens with zero attached hydrogens (tertiary/aromatic N) is 2. The van der Waals surface area contributed by atoms with Gasteiger partial charge in [-0.3, -0.25) is 9.89 Å². The summed E-state index contributed by atoms with van der Waals surface area (Å²) in [6, 6.07) is 0. The zero-order chi connectivity index (χ0) is 17.4. The van der Waals surface area contributed by atoms with Crippen molar-refractivity contribution in [3.8, 4) is 11.8 Å². The third-order valence-electron chi connectivity index (χ3n) is 4.66. The van der Waals surface area contributed by atoms with E-state index in [1.807, 2.05) is 0 Å². The summed E-state index contributed by atoms with van der Waals surface area (Å²) in [6.07, 6.45) is 5.01. The average molecular weight is 355 g/mol. The van der Waals surface area contributed by atoms with Gasteiger partial charge < -0.3 is 9.64 Å². The fourth-order valence-electron chi connectivity index (χ4n) is 3.47. The number of H-pyrrole nitrogens is 1. The zero-order valence-corrected chi connectivity index (χ0v) is 15.3. The highest BCUT2D eigenvalue weighted by Crippen LogP contribution is 2.44. The number of anilines is 1. The van der Waals surface area contributed by atoms with Crippen molar-refractivity contribution >= 4 is 22.1 Å². The second-order valence-corrected chi connectivity index (χ2v) is 8.37. The fourth-order valence-corrected chi connectivity index (χ4v) is 4.74. The lowest BCUT2D eigenvalue weighted by Gasteiger charge is -2.29. The van der Waals surface area contributed by atoms with Crippen molar-refractivity contribution < 1.29 is 9.53 Å². The topological polar surface area (TPSA) is 58.2 Å². The highest BCUT2D eigenvalue weighted by Gasteiger charge is 2.36. The molecule has 0 amide bonds. The molecule has 3 heterocycles. The molecule has 1 aliphatic heterocycles. The van der Waals surface area contributed by atoms with E-state index in [0.29, 0.717) is 6.42 Å². The third kappa shape index (κ3) is 3.22. The highest BCUT2D eigenvalue weighted by molar-refractivity contribution is 7.18. The van der Waals surface area contributed by atoms with Crippen LogP contribution in [0.25, 0.3) is 0 Å². The van der Waals surface area contributed by atoms with E-state index in [1.54, 1.807) is 23.7 Å². The van der Waals surface area contributed by atoms with E-state index in [0.717, 1.165) is 59.3 Å². The van der Waals surface area contributed by atoms with Gasteiger partial charge in [0.15, 0.2) is 5.78 Å². The maximum absolute atomic E-state index is 12.7. The maximum atomic E-state index is 12.7. The van der Waals surface area contributed by atoms with Crippen molar-refractivity contribution in [2.45, 2.75) is 26.7 Å². The number of ether oxygens (including phenoxy) is 1. The SMILES string of the molecule is CC1(C)CC(=O)c2sc(N3CCOCC3)c(C#Cc3cn[nH]c3)c2C1. The van der Waals surface area contributed by atoms with Crippen LogP contribution < -0.4 is 4.90 Å². The molecule has 0 saturated carbocycles. The Hall–Kier alpha value is -2.10. The Labute approximate surface area is 151 Å². The average Bonchev–Trinajstić information content (AvgIpc) is 3.20. The molecule has 2 aliphatic rings. The number of hydrogen-bond acceptors (Lipinski definition) is 5. The molecule has 2 aromatic rings. The predicted octanol–water partition coefficient (Wildman–Crippen LogP) is 2.86. The monoisotopic (exact) mass is 355 g/mol. The molecule has 0 radical (unpaired) electrons. The summed E-state index contributed by atoms with van der Waals surface area (Å²) < 4.78 is 5.48. The first-order chi connectivity index (χ1) is 12.0. The Balaban J connectivity index is 1.82. The van der Waals surface area contributed by atoms with Crippen molar-refractivity contribution in [2.75, 3.05) is 31.2 Å². The largest absolute Gasteiger partial charge is 0.378 e. The quantitative estimate of drug-likeness (QED) is 0.799. The van der Waals surface area contributed by atoms with Crippen LogP contribution in [0.1, 0.15) is 46.6 Å². The normalized spacial score (nSPS) is 19.3. The number of hydrogen-bond donors (Lipinski definition) is 1. The third-order valence-corrected chi connectivity index (χ3v) is 6.00. The summed E-state index contributed by atoms with van der Waals surface area (Å²) in [5.41, 5.74) is 2.99. The van der Waals surface area contributed by atoms with Crippen LogP contribution in [0.4, 0.5) is 5.00 Å². The first-order valence-corrected chi connectivity index (χ1v) is 9.37. The standard InChI is InChI=1S/C19H21N3O2S/c1-19(2)9-15-14(4-3-13-11-20-21-12-13)18(22-5-7-24-8-6-22)25-17(15)16(23)10-19/h11-12H,5-10H2,1-2H3,(H,20,21). The molecular weight excluding hydrogens is 334 g/mol. The molecule has 2 aromatic heterocycles. The number of thiophene rings is 1. The molecule has 5 nitrogen and oxygen atoms in total. The van der Waals surface area contributed by atoms with Crippen molar-refractivity contribution in [2.24, 2.45) is 5.41 Å². The van der Waals surface area contributed by atoms with E-state index in [9.17, 15) is 4.79 Å². The lowest BCUT2D eigenvalue weighted by atomic mass is 9.75. The van der Waals surface area contributed by atoms with Gasteiger partial charge in [0.2, 0.25) is 0 Å². The number of carbonyl (C=O) groups excluding carboxylic acids is 1. The van der Waals surface area contributed by atoms with E-state index in [4.69, 9.17) is 4.74 Å². The molecule has 1 aliphatic carbocycles. The van der Waals surface area contributed by atoms with Crippen LogP contribution in [0.3, 0.4) is 0 Å². The number of morpholine rings is 1. The number of fused-ring (bicyclic) bond motifs is 1. The maximum Gasteiger partial charge on any atom is 0.173 e. The Morgan fingerprint density at radius 3 is 2.80 bits per heavy atom. The summed E-state index contributed by atoms with van der Waals surface area (Å²) in [5.74, 6) is 6.79. The number of aromatic amines is 1. The van der Waals surface area contributed by atoms with E-state index >= 15 is 0 Å². The van der Waals surface area contributed by atoms with Gasteiger partial charge in [0, 0.05) is 25.7 Å². The molecule has 0 unspecified atom stereocenters. The van der Waals surface area contributed by atoms with Gasteiger partial charge in [-0.1, -0.05) is 25.7 Å². The van der Waals surface area contributed by atoms with Gasteiger partial charge in [-0.05, 0) is 17.4 Å². The Bertz CT molecular complexity index is 849. The summed E-state index contributed by atoms with van der Waals surface area (Å²) in [6.45, 7) is 7.45. The summed E-state index contributed by atoms with van der Waals surface area (Å²) >= 11 is 1.61. The van der Waals surface area contributed by atoms with Gasteiger partial charge in [-0.2, -0.15) is 5.10 Å². The van der Waals surface area contributed by atoms with Gasteiger partial charge in [0.25, 0.3) is 0 Å². The van der Waals surface area contributed by atoms with Crippen molar-refractivity contribution in [1.82, 2.24) is 10.2 Å². The molecule has 1 saturated heterocycles. The lowest BCUT2D eigenvalue weighted by molar-refractivity contribution is 0.0917. The van der Waals surface area contributed by atoms with Crippen LogP contribution in [-0.2, 0) is 11.2 Å². The molecule has 0 bridgehead atoms. The summed E-state index contributed by atoms with van der Waals surface area (Å²) in [7, 11) is 0. The summed E-state index contributed by atoms with van der Waals surface area (Å²) in [5, 5.41) is 7.86. The van der Waals surface area contributed by atoms with E-state index < -0.39 is 0 Å². The smallest absolute Gasteiger partial charge is 0.173 e. The van der Waals surface area contributed by atoms with Crippen LogP contribution in [0.2, 0.25) is 0 Å². The van der Waals surface area contributed by atoms with Gasteiger partial charge in [-0.25, -0.2) is 0 Å². The van der Waals surface area contributed by atoms with Gasteiger partial charge in [-0.15, -0.1) is 11.3 Å². The Kier molecular flexibility index (Phi) is 4.14. The first-order valence-electron chi connectivity index (χ1n) is 8.56. The van der Waals surface area contributed by atoms with E-state index in [-0.39, 0.29) is 11.2 Å². The lowest BCUT2D eigenvalue weighted by Crippen LogP contribution is -2.36. The number of ketones is 1. The first kappa shape index (κ1) is 16.4. The summed E-state index contributed by atoms with van der Waals surface area (Å²) in [4.78, 5) is 15.9. The van der Waals surface area contributed by atoms with Crippen LogP contribution in [0, 0.1) is 17.3 Å². The number of rotatable bonds is 1. The number of carbonyl (C=O) groups is 1. The highest BCUT2D eigenvalue weighted by atomic mass is 32.1. The van der Waals surface area contributed by atoms with E-state index in [2.05, 4.69) is 40.8 Å². The molecule has 0 spiro atoms. The minimum Gasteiger partial charge on any atom is -0.378 e. The molecule has 4 rings (SSSR count). The van der Waals surface area contributed by atoms with Crippen molar-refractivity contribution in [3.63, 3.8) is 0 Å². The van der Waals surface area contributed by atoms with Crippen LogP contribution >= 0.6 is 11.3 Å². The number of aromatic nitrogens is 2. The Morgan fingerprint density at radius 1 is 1.28 bits per heavy atom. The minimum absolute atomic E-state index is 0.0144. The second kappa shape index (κ2) is 6.32. The predicted molar refractivity (Wildman–Crippen MR) is 98.4 cm³/mol. The molecule has 25 heavy (non-hydrogen) atoms. The molecule has 0 atom stereocenters. The van der Waals surface area contributed by atoms with E-state index in [1.165, 1.54) is 0 Å². The van der Waals surface area contributed by atoms with Crippen molar-refractivity contribution in [3.05, 3.63) is 34.0 Å². The van der Waals surface area contributed by atoms with Crippen LogP contribution in [0.5, 0.6) is 0 Å². The molecule has 6 heteroatoms. The van der Waals surface area contributed by atoms with Gasteiger partial charge in [0.05, 0.1) is 35.4 Å². The molecule has 1 N–H and O–H groups in total. The fraction of sp³-hybridized carbons (Fsp3) is 0.474.